The fraction of sp³-hybridized carbons (Fsp3) is 0.364. The molecule has 2 amide bonds. The van der Waals surface area contributed by atoms with E-state index in [9.17, 15) is 9.18 Å². The van der Waals surface area contributed by atoms with E-state index in [1.54, 1.807) is 12.1 Å². The second-order valence-electron chi connectivity index (χ2n) is 3.61. The van der Waals surface area contributed by atoms with Gasteiger partial charge in [0.15, 0.2) is 0 Å². The molecule has 0 saturated heterocycles. The van der Waals surface area contributed by atoms with Gasteiger partial charge in [-0.2, -0.15) is 0 Å². The molecule has 1 aromatic carbocycles. The summed E-state index contributed by atoms with van der Waals surface area (Å²) in [5.74, 6) is -0.273. The van der Waals surface area contributed by atoms with Crippen molar-refractivity contribution in [3.63, 3.8) is 0 Å². The van der Waals surface area contributed by atoms with E-state index < -0.39 is 0 Å². The Morgan fingerprint density at radius 3 is 2.47 bits per heavy atom. The lowest BCUT2D eigenvalue weighted by molar-refractivity contribution is 0.238. The van der Waals surface area contributed by atoms with Crippen LogP contribution in [0.4, 0.5) is 9.18 Å². The van der Waals surface area contributed by atoms with Crippen molar-refractivity contribution in [2.24, 2.45) is 0 Å². The Bertz CT molecular complexity index is 322. The highest BCUT2D eigenvalue weighted by atomic mass is 19.1. The second-order valence-corrected chi connectivity index (χ2v) is 3.61. The second kappa shape index (κ2) is 5.34. The highest BCUT2D eigenvalue weighted by Crippen LogP contribution is 2.01. The summed E-state index contributed by atoms with van der Waals surface area (Å²) in [6, 6.07) is 5.93. The molecule has 0 aromatic heterocycles. The van der Waals surface area contributed by atoms with Gasteiger partial charge in [-0.15, -0.1) is 0 Å². The van der Waals surface area contributed by atoms with Crippen LogP contribution in [0.1, 0.15) is 19.4 Å². The highest BCUT2D eigenvalue weighted by molar-refractivity contribution is 5.74. The number of carbonyl (C=O) groups excluding carboxylic acids is 1. The molecular formula is C11H15FN2O. The van der Waals surface area contributed by atoms with E-state index in [0.29, 0.717) is 6.54 Å². The summed E-state index contributed by atoms with van der Waals surface area (Å²) in [5, 5.41) is 5.38. The van der Waals surface area contributed by atoms with Crippen molar-refractivity contribution in [2.75, 3.05) is 0 Å². The lowest BCUT2D eigenvalue weighted by Gasteiger charge is -2.09. The minimum absolute atomic E-state index is 0.109. The molecule has 0 aliphatic rings. The van der Waals surface area contributed by atoms with Crippen molar-refractivity contribution in [3.05, 3.63) is 35.6 Å². The van der Waals surface area contributed by atoms with Crippen LogP contribution in [0.5, 0.6) is 0 Å². The number of urea groups is 1. The molecule has 0 heterocycles. The molecule has 0 fully saturated rings. The number of hydrogen-bond donors (Lipinski definition) is 2. The van der Waals surface area contributed by atoms with E-state index in [2.05, 4.69) is 10.6 Å². The van der Waals surface area contributed by atoms with Gasteiger partial charge >= 0.3 is 6.03 Å². The van der Waals surface area contributed by atoms with Crippen LogP contribution < -0.4 is 10.6 Å². The molecule has 0 bridgehead atoms. The molecule has 15 heavy (non-hydrogen) atoms. The Morgan fingerprint density at radius 1 is 1.33 bits per heavy atom. The van der Waals surface area contributed by atoms with E-state index in [4.69, 9.17) is 0 Å². The first-order chi connectivity index (χ1) is 7.08. The normalized spacial score (nSPS) is 10.1. The Hall–Kier alpha value is -1.58. The molecule has 1 aromatic rings. The van der Waals surface area contributed by atoms with Crippen molar-refractivity contribution in [1.29, 1.82) is 0 Å². The molecule has 0 atom stereocenters. The number of nitrogens with one attached hydrogen (secondary N) is 2. The molecule has 0 aliphatic heterocycles. The Morgan fingerprint density at radius 2 is 1.93 bits per heavy atom. The zero-order valence-corrected chi connectivity index (χ0v) is 8.88. The highest BCUT2D eigenvalue weighted by Gasteiger charge is 2.01. The first-order valence-corrected chi connectivity index (χ1v) is 4.86. The molecule has 0 saturated carbocycles. The molecule has 82 valence electrons. The van der Waals surface area contributed by atoms with Crippen LogP contribution >= 0.6 is 0 Å². The maximum Gasteiger partial charge on any atom is 0.315 e. The minimum atomic E-state index is -0.273. The molecule has 1 rings (SSSR count). The van der Waals surface area contributed by atoms with Gasteiger partial charge in [0.05, 0.1) is 0 Å². The summed E-state index contributed by atoms with van der Waals surface area (Å²) in [7, 11) is 0. The topological polar surface area (TPSA) is 41.1 Å². The van der Waals surface area contributed by atoms with Crippen LogP contribution in [-0.4, -0.2) is 12.1 Å². The van der Waals surface area contributed by atoms with Crippen LogP contribution in [0.2, 0.25) is 0 Å². The fourth-order valence-corrected chi connectivity index (χ4v) is 1.10. The summed E-state index contributed by atoms with van der Waals surface area (Å²) in [6.07, 6.45) is 0. The number of amides is 2. The maximum absolute atomic E-state index is 12.6. The fourth-order valence-electron chi connectivity index (χ4n) is 1.10. The quantitative estimate of drug-likeness (QED) is 0.787. The Kier molecular flexibility index (Phi) is 4.09. The van der Waals surface area contributed by atoms with Crippen molar-refractivity contribution >= 4 is 6.03 Å². The minimum Gasteiger partial charge on any atom is -0.336 e. The van der Waals surface area contributed by atoms with Crippen molar-refractivity contribution in [2.45, 2.75) is 26.4 Å². The van der Waals surface area contributed by atoms with Crippen LogP contribution in [0.3, 0.4) is 0 Å². The van der Waals surface area contributed by atoms with Crippen molar-refractivity contribution in [1.82, 2.24) is 10.6 Å². The van der Waals surface area contributed by atoms with Crippen LogP contribution in [-0.2, 0) is 6.54 Å². The SMILES string of the molecule is CC(C)NC(=O)NCc1ccc(F)cc1. The predicted molar refractivity (Wildman–Crippen MR) is 56.9 cm³/mol. The molecule has 0 aliphatic carbocycles. The first kappa shape index (κ1) is 11.5. The zero-order valence-electron chi connectivity index (χ0n) is 8.88. The summed E-state index contributed by atoms with van der Waals surface area (Å²) < 4.78 is 12.6. The number of hydrogen-bond acceptors (Lipinski definition) is 1. The standard InChI is InChI=1S/C11H15FN2O/c1-8(2)14-11(15)13-7-9-3-5-10(12)6-4-9/h3-6,8H,7H2,1-2H3,(H2,13,14,15). The van der Waals surface area contributed by atoms with E-state index in [1.807, 2.05) is 13.8 Å². The van der Waals surface area contributed by atoms with Gasteiger partial charge in [-0.3, -0.25) is 0 Å². The summed E-state index contributed by atoms with van der Waals surface area (Å²) in [4.78, 5) is 11.2. The van der Waals surface area contributed by atoms with E-state index in [1.165, 1.54) is 12.1 Å². The number of rotatable bonds is 3. The number of benzene rings is 1. The van der Waals surface area contributed by atoms with Crippen LogP contribution in [0.25, 0.3) is 0 Å². The van der Waals surface area contributed by atoms with E-state index in [0.717, 1.165) is 5.56 Å². The molecular weight excluding hydrogens is 195 g/mol. The third-order valence-electron chi connectivity index (χ3n) is 1.79. The number of halogens is 1. The van der Waals surface area contributed by atoms with Crippen LogP contribution in [0.15, 0.2) is 24.3 Å². The van der Waals surface area contributed by atoms with Crippen molar-refractivity contribution in [3.8, 4) is 0 Å². The number of carbonyl (C=O) groups is 1. The van der Waals surface area contributed by atoms with Gasteiger partial charge in [0.25, 0.3) is 0 Å². The molecule has 0 unspecified atom stereocenters. The van der Waals surface area contributed by atoms with Gasteiger partial charge in [-0.25, -0.2) is 9.18 Å². The lowest BCUT2D eigenvalue weighted by atomic mass is 10.2. The largest absolute Gasteiger partial charge is 0.336 e. The predicted octanol–water partition coefficient (Wildman–Crippen LogP) is 2.03. The molecule has 4 heteroatoms. The molecule has 2 N–H and O–H groups in total. The summed E-state index contributed by atoms with van der Waals surface area (Å²) in [6.45, 7) is 4.17. The monoisotopic (exact) mass is 210 g/mol. The van der Waals surface area contributed by atoms with E-state index in [-0.39, 0.29) is 17.9 Å². The van der Waals surface area contributed by atoms with Gasteiger partial charge in [0.2, 0.25) is 0 Å². The van der Waals surface area contributed by atoms with Gasteiger partial charge in [0.1, 0.15) is 5.82 Å². The van der Waals surface area contributed by atoms with E-state index >= 15 is 0 Å². The third kappa shape index (κ3) is 4.44. The lowest BCUT2D eigenvalue weighted by Crippen LogP contribution is -2.39. The molecule has 0 spiro atoms. The Balaban J connectivity index is 2.37. The first-order valence-electron chi connectivity index (χ1n) is 4.86. The smallest absolute Gasteiger partial charge is 0.315 e. The maximum atomic E-state index is 12.6. The average molecular weight is 210 g/mol. The molecule has 3 nitrogen and oxygen atoms in total. The average Bonchev–Trinajstić information content (AvgIpc) is 2.16. The summed E-state index contributed by atoms with van der Waals surface area (Å²) >= 11 is 0. The van der Waals surface area contributed by atoms with Crippen molar-refractivity contribution < 1.29 is 9.18 Å². The van der Waals surface area contributed by atoms with Gasteiger partial charge in [-0.1, -0.05) is 12.1 Å². The van der Waals surface area contributed by atoms with Gasteiger partial charge in [0, 0.05) is 12.6 Å². The zero-order chi connectivity index (χ0) is 11.3. The van der Waals surface area contributed by atoms with Gasteiger partial charge < -0.3 is 10.6 Å². The van der Waals surface area contributed by atoms with Crippen LogP contribution in [0, 0.1) is 5.82 Å². The molecule has 0 radical (unpaired) electrons. The summed E-state index contributed by atoms with van der Waals surface area (Å²) in [5.41, 5.74) is 0.871. The van der Waals surface area contributed by atoms with Gasteiger partial charge in [-0.05, 0) is 31.5 Å². The Labute approximate surface area is 88.7 Å². The third-order valence-corrected chi connectivity index (χ3v) is 1.79.